The molecule has 0 aliphatic heterocycles. The third-order valence-corrected chi connectivity index (χ3v) is 4.65. The lowest BCUT2D eigenvalue weighted by molar-refractivity contribution is 0.125. The molecule has 0 bridgehead atoms. The van der Waals surface area contributed by atoms with Crippen molar-refractivity contribution >= 4 is 5.71 Å². The summed E-state index contributed by atoms with van der Waals surface area (Å²) in [6.07, 6.45) is 0. The van der Waals surface area contributed by atoms with Crippen LogP contribution in [0.3, 0.4) is 0 Å². The van der Waals surface area contributed by atoms with Gasteiger partial charge in [-0.25, -0.2) is 4.79 Å². The average molecular weight is 347 g/mol. The fourth-order valence-corrected chi connectivity index (χ4v) is 3.17. The van der Waals surface area contributed by atoms with Crippen molar-refractivity contribution < 1.29 is 4.84 Å². The van der Waals surface area contributed by atoms with E-state index in [0.29, 0.717) is 5.69 Å². The molecule has 0 saturated heterocycles. The zero-order valence-electron chi connectivity index (χ0n) is 14.5. The highest BCUT2D eigenvalue weighted by molar-refractivity contribution is 6.24. The van der Waals surface area contributed by atoms with Gasteiger partial charge in [-0.05, 0) is 11.1 Å². The Balaban J connectivity index is 1.69. The Hall–Kier alpha value is -3.41. The van der Waals surface area contributed by atoms with Crippen molar-refractivity contribution in [2.75, 3.05) is 0 Å². The smallest absolute Gasteiger partial charge is 0.330 e. The maximum absolute atomic E-state index is 12.0. The van der Waals surface area contributed by atoms with Crippen molar-refractivity contribution in [3.8, 4) is 11.1 Å². The second kappa shape index (κ2) is 6.15. The fourth-order valence-electron chi connectivity index (χ4n) is 3.17. The summed E-state index contributed by atoms with van der Waals surface area (Å²) in [5, 5.41) is 4.32. The number of hydrogen-bond acceptors (Lipinski definition) is 4. The summed E-state index contributed by atoms with van der Waals surface area (Å²) in [5.74, 6) is 0. The van der Waals surface area contributed by atoms with Gasteiger partial charge in [0.15, 0.2) is 6.61 Å². The van der Waals surface area contributed by atoms with Gasteiger partial charge in [-0.15, -0.1) is 0 Å². The number of rotatable bonds is 3. The van der Waals surface area contributed by atoms with E-state index in [1.165, 1.54) is 17.7 Å². The van der Waals surface area contributed by atoms with Gasteiger partial charge in [-0.1, -0.05) is 53.7 Å². The van der Waals surface area contributed by atoms with Gasteiger partial charge in [0, 0.05) is 31.3 Å². The largest absolute Gasteiger partial charge is 0.389 e. The SMILES string of the molecule is Cn1c(CON=C2c3ccccc3-c3ccccc32)cc(=O)n(C)c1=O. The van der Waals surface area contributed by atoms with E-state index in [-0.39, 0.29) is 17.9 Å². The molecular weight excluding hydrogens is 330 g/mol. The fraction of sp³-hybridized carbons (Fsp3) is 0.150. The number of oxime groups is 1. The summed E-state index contributed by atoms with van der Waals surface area (Å²) in [4.78, 5) is 29.3. The predicted octanol–water partition coefficient (Wildman–Crippen LogP) is 2.03. The number of benzene rings is 2. The van der Waals surface area contributed by atoms with Crippen LogP contribution in [0.5, 0.6) is 0 Å². The Morgan fingerprint density at radius 3 is 1.96 bits per heavy atom. The van der Waals surface area contributed by atoms with E-state index < -0.39 is 0 Å². The lowest BCUT2D eigenvalue weighted by Gasteiger charge is -2.08. The molecule has 0 spiro atoms. The number of hydrogen-bond donors (Lipinski definition) is 0. The topological polar surface area (TPSA) is 65.6 Å². The Kier molecular flexibility index (Phi) is 3.80. The van der Waals surface area contributed by atoms with Gasteiger partial charge >= 0.3 is 5.69 Å². The normalized spacial score (nSPS) is 11.8. The van der Waals surface area contributed by atoms with Gasteiger partial charge in [0.05, 0.1) is 5.69 Å². The van der Waals surface area contributed by atoms with Gasteiger partial charge in [0.1, 0.15) is 5.71 Å². The van der Waals surface area contributed by atoms with Crippen LogP contribution < -0.4 is 11.2 Å². The van der Waals surface area contributed by atoms with Crippen molar-refractivity contribution in [1.82, 2.24) is 9.13 Å². The molecule has 0 saturated carbocycles. The third kappa shape index (κ3) is 2.47. The summed E-state index contributed by atoms with van der Waals surface area (Å²) in [6.45, 7) is 0.0374. The molecule has 1 heterocycles. The molecule has 130 valence electrons. The summed E-state index contributed by atoms with van der Waals surface area (Å²) in [6, 6.07) is 17.4. The van der Waals surface area contributed by atoms with Gasteiger partial charge < -0.3 is 4.84 Å². The van der Waals surface area contributed by atoms with E-state index in [0.717, 1.165) is 32.5 Å². The summed E-state index contributed by atoms with van der Waals surface area (Å²) >= 11 is 0. The first-order valence-corrected chi connectivity index (χ1v) is 8.23. The van der Waals surface area contributed by atoms with Crippen LogP contribution in [0.2, 0.25) is 0 Å². The molecule has 1 aliphatic carbocycles. The Morgan fingerprint density at radius 2 is 1.38 bits per heavy atom. The third-order valence-electron chi connectivity index (χ3n) is 4.65. The highest BCUT2D eigenvalue weighted by Gasteiger charge is 2.24. The quantitative estimate of drug-likeness (QED) is 0.533. The van der Waals surface area contributed by atoms with E-state index in [1.54, 1.807) is 7.05 Å². The predicted molar refractivity (Wildman–Crippen MR) is 99.2 cm³/mol. The van der Waals surface area contributed by atoms with E-state index in [2.05, 4.69) is 17.3 Å². The number of aromatic nitrogens is 2. The summed E-state index contributed by atoms with van der Waals surface area (Å²) in [7, 11) is 3.05. The van der Waals surface area contributed by atoms with Crippen LogP contribution in [0.15, 0.2) is 69.3 Å². The van der Waals surface area contributed by atoms with Crippen molar-refractivity contribution in [2.24, 2.45) is 19.3 Å². The molecule has 0 radical (unpaired) electrons. The van der Waals surface area contributed by atoms with E-state index >= 15 is 0 Å². The highest BCUT2D eigenvalue weighted by Crippen LogP contribution is 2.36. The molecule has 6 heteroatoms. The monoisotopic (exact) mass is 347 g/mol. The minimum Gasteiger partial charge on any atom is -0.389 e. The lowest BCUT2D eigenvalue weighted by atomic mass is 10.1. The van der Waals surface area contributed by atoms with Crippen molar-refractivity contribution in [1.29, 1.82) is 0 Å². The molecule has 26 heavy (non-hydrogen) atoms. The molecule has 0 amide bonds. The van der Waals surface area contributed by atoms with Crippen molar-refractivity contribution in [2.45, 2.75) is 6.61 Å². The standard InChI is InChI=1S/C20H17N3O3/c1-22-13(11-18(24)23(2)20(22)25)12-26-21-19-16-9-5-3-7-14(16)15-8-4-6-10-17(15)19/h3-11H,12H2,1-2H3. The van der Waals surface area contributed by atoms with E-state index in [1.807, 2.05) is 36.4 Å². The van der Waals surface area contributed by atoms with Crippen LogP contribution in [-0.4, -0.2) is 14.8 Å². The Labute approximate surface area is 149 Å². The Morgan fingerprint density at radius 1 is 0.846 bits per heavy atom. The molecule has 0 atom stereocenters. The van der Waals surface area contributed by atoms with Crippen LogP contribution in [0.25, 0.3) is 11.1 Å². The van der Waals surface area contributed by atoms with Gasteiger partial charge in [0.25, 0.3) is 5.56 Å². The maximum atomic E-state index is 12.0. The zero-order valence-corrected chi connectivity index (χ0v) is 14.5. The zero-order chi connectivity index (χ0) is 18.3. The first kappa shape index (κ1) is 16.1. The molecule has 1 aliphatic rings. The van der Waals surface area contributed by atoms with Crippen LogP contribution in [0.4, 0.5) is 0 Å². The van der Waals surface area contributed by atoms with Crippen LogP contribution in [-0.2, 0) is 25.5 Å². The second-order valence-electron chi connectivity index (χ2n) is 6.18. The molecule has 0 fully saturated rings. The molecule has 3 aromatic rings. The summed E-state index contributed by atoms with van der Waals surface area (Å²) in [5.41, 5.74) is 4.72. The number of fused-ring (bicyclic) bond motifs is 3. The van der Waals surface area contributed by atoms with Crippen LogP contribution in [0, 0.1) is 0 Å². The Bertz CT molecular complexity index is 1110. The molecule has 0 N–H and O–H groups in total. The number of nitrogens with zero attached hydrogens (tertiary/aromatic N) is 3. The second-order valence-corrected chi connectivity index (χ2v) is 6.18. The average Bonchev–Trinajstić information content (AvgIpc) is 2.98. The lowest BCUT2D eigenvalue weighted by Crippen LogP contribution is -2.38. The summed E-state index contributed by atoms with van der Waals surface area (Å²) < 4.78 is 2.44. The molecule has 2 aromatic carbocycles. The van der Waals surface area contributed by atoms with Crippen molar-refractivity contribution in [3.63, 3.8) is 0 Å². The van der Waals surface area contributed by atoms with Crippen molar-refractivity contribution in [3.05, 3.63) is 92.3 Å². The molecule has 4 rings (SSSR count). The van der Waals surface area contributed by atoms with Gasteiger partial charge in [-0.2, -0.15) is 0 Å². The van der Waals surface area contributed by atoms with Crippen LogP contribution in [0.1, 0.15) is 16.8 Å². The van der Waals surface area contributed by atoms with E-state index in [4.69, 9.17) is 4.84 Å². The molecule has 6 nitrogen and oxygen atoms in total. The molecular formula is C20H17N3O3. The minimum atomic E-state index is -0.389. The minimum absolute atomic E-state index is 0.0374. The molecule has 0 unspecified atom stereocenters. The first-order valence-electron chi connectivity index (χ1n) is 8.23. The first-order chi connectivity index (χ1) is 12.6. The van der Waals surface area contributed by atoms with Gasteiger partial charge in [0.2, 0.25) is 0 Å². The van der Waals surface area contributed by atoms with Crippen LogP contribution >= 0.6 is 0 Å². The van der Waals surface area contributed by atoms with E-state index in [9.17, 15) is 9.59 Å². The molecule has 1 aromatic heterocycles. The highest BCUT2D eigenvalue weighted by atomic mass is 16.6. The maximum Gasteiger partial charge on any atom is 0.330 e. The van der Waals surface area contributed by atoms with Gasteiger partial charge in [-0.3, -0.25) is 13.9 Å².